The summed E-state index contributed by atoms with van der Waals surface area (Å²) in [6.45, 7) is 0. The van der Waals surface area contributed by atoms with E-state index >= 15 is 0 Å². The number of methoxy groups -OCH3 is 1. The summed E-state index contributed by atoms with van der Waals surface area (Å²) in [5, 5.41) is 4.46. The molecule has 5 heteroatoms. The molecule has 30 heavy (non-hydrogen) atoms. The van der Waals surface area contributed by atoms with Gasteiger partial charge in [-0.15, -0.1) is 0 Å². The van der Waals surface area contributed by atoms with Crippen molar-refractivity contribution in [2.24, 2.45) is 4.99 Å². The molecule has 3 aromatic carbocycles. The van der Waals surface area contributed by atoms with Gasteiger partial charge in [-0.1, -0.05) is 42.5 Å². The number of aliphatic imine (C=N–C) groups is 1. The minimum atomic E-state index is -0.375. The fraction of sp³-hybridized carbons (Fsp3) is 0.120. The molecule has 1 atom stereocenters. The number of rotatable bonds is 3. The van der Waals surface area contributed by atoms with Crippen molar-refractivity contribution >= 4 is 28.1 Å². The zero-order valence-corrected chi connectivity index (χ0v) is 16.5. The number of nitrogens with one attached hydrogen (secondary N) is 1. The van der Waals surface area contributed by atoms with Crippen LogP contribution in [0.25, 0.3) is 11.0 Å². The summed E-state index contributed by atoms with van der Waals surface area (Å²) in [6.07, 6.45) is 0.546. The van der Waals surface area contributed by atoms with Crippen LogP contribution in [0.4, 0.5) is 11.4 Å². The Labute approximate surface area is 173 Å². The van der Waals surface area contributed by atoms with Gasteiger partial charge in [0.25, 0.3) is 0 Å². The zero-order chi connectivity index (χ0) is 20.5. The van der Waals surface area contributed by atoms with Crippen molar-refractivity contribution in [3.63, 3.8) is 0 Å². The molecule has 0 bridgehead atoms. The second kappa shape index (κ2) is 7.52. The Kier molecular flexibility index (Phi) is 4.56. The largest absolute Gasteiger partial charge is 0.497 e. The maximum absolute atomic E-state index is 12.8. The Morgan fingerprint density at radius 3 is 2.60 bits per heavy atom. The second-order valence-corrected chi connectivity index (χ2v) is 7.24. The number of hydrogen-bond acceptors (Lipinski definition) is 5. The molecule has 1 aliphatic heterocycles. The van der Waals surface area contributed by atoms with E-state index in [0.29, 0.717) is 23.3 Å². The van der Waals surface area contributed by atoms with E-state index in [-0.39, 0.29) is 11.7 Å². The molecule has 0 saturated carbocycles. The number of nitrogens with zero attached hydrogens (tertiary/aromatic N) is 1. The van der Waals surface area contributed by atoms with Gasteiger partial charge in [0.1, 0.15) is 11.3 Å². The number of benzene rings is 3. The van der Waals surface area contributed by atoms with E-state index in [1.807, 2.05) is 72.8 Å². The Hall–Kier alpha value is -3.86. The van der Waals surface area contributed by atoms with E-state index in [2.05, 4.69) is 5.32 Å². The van der Waals surface area contributed by atoms with Crippen molar-refractivity contribution in [1.82, 2.24) is 0 Å². The molecule has 4 aromatic rings. The van der Waals surface area contributed by atoms with Gasteiger partial charge in [0.05, 0.1) is 35.8 Å². The van der Waals surface area contributed by atoms with Crippen LogP contribution in [0.5, 0.6) is 5.75 Å². The normalized spacial score (nSPS) is 15.6. The minimum Gasteiger partial charge on any atom is -0.497 e. The van der Waals surface area contributed by atoms with Crippen molar-refractivity contribution in [1.29, 1.82) is 0 Å². The van der Waals surface area contributed by atoms with E-state index < -0.39 is 0 Å². The molecular formula is C25H20N2O3. The van der Waals surface area contributed by atoms with Crippen LogP contribution >= 0.6 is 0 Å². The van der Waals surface area contributed by atoms with Crippen molar-refractivity contribution in [3.8, 4) is 5.75 Å². The fourth-order valence-electron chi connectivity index (χ4n) is 3.79. The Balaban J connectivity index is 1.64. The van der Waals surface area contributed by atoms with Crippen LogP contribution in [0.2, 0.25) is 0 Å². The summed E-state index contributed by atoms with van der Waals surface area (Å²) in [6, 6.07) is 25.1. The van der Waals surface area contributed by atoms with Crippen molar-refractivity contribution in [3.05, 3.63) is 100 Å². The van der Waals surface area contributed by atoms with Crippen molar-refractivity contribution < 1.29 is 9.15 Å². The van der Waals surface area contributed by atoms with Crippen LogP contribution < -0.4 is 15.7 Å². The second-order valence-electron chi connectivity index (χ2n) is 7.24. The third-order valence-corrected chi connectivity index (χ3v) is 5.36. The third kappa shape index (κ3) is 3.35. The predicted molar refractivity (Wildman–Crippen MR) is 119 cm³/mol. The lowest BCUT2D eigenvalue weighted by molar-refractivity contribution is 0.414. The van der Waals surface area contributed by atoms with E-state index in [1.165, 1.54) is 0 Å². The highest BCUT2D eigenvalue weighted by Crippen LogP contribution is 2.35. The van der Waals surface area contributed by atoms with E-state index in [1.54, 1.807) is 13.2 Å². The first-order valence-electron chi connectivity index (χ1n) is 9.81. The van der Waals surface area contributed by atoms with Gasteiger partial charge in [0, 0.05) is 11.8 Å². The highest BCUT2D eigenvalue weighted by molar-refractivity contribution is 6.05. The van der Waals surface area contributed by atoms with Gasteiger partial charge in [-0.3, -0.25) is 4.99 Å². The van der Waals surface area contributed by atoms with Crippen LogP contribution in [-0.2, 0) is 0 Å². The number of para-hydroxylation sites is 3. The van der Waals surface area contributed by atoms with Gasteiger partial charge in [-0.2, -0.15) is 0 Å². The molecule has 1 aliphatic rings. The monoisotopic (exact) mass is 396 g/mol. The van der Waals surface area contributed by atoms with Gasteiger partial charge < -0.3 is 14.5 Å². The average molecular weight is 396 g/mol. The van der Waals surface area contributed by atoms with E-state index in [4.69, 9.17) is 14.1 Å². The maximum Gasteiger partial charge on any atom is 0.345 e. The molecule has 0 fully saturated rings. The first-order chi connectivity index (χ1) is 14.7. The maximum atomic E-state index is 12.8. The van der Waals surface area contributed by atoms with Gasteiger partial charge in [-0.05, 0) is 42.0 Å². The molecule has 1 aromatic heterocycles. The summed E-state index contributed by atoms with van der Waals surface area (Å²) in [7, 11) is 1.65. The third-order valence-electron chi connectivity index (χ3n) is 5.36. The molecule has 148 valence electrons. The number of ether oxygens (including phenoxy) is 1. The van der Waals surface area contributed by atoms with Crippen molar-refractivity contribution in [2.45, 2.75) is 12.5 Å². The first-order valence-corrected chi connectivity index (χ1v) is 9.81. The van der Waals surface area contributed by atoms with Gasteiger partial charge >= 0.3 is 5.63 Å². The van der Waals surface area contributed by atoms with Crippen molar-refractivity contribution in [2.75, 3.05) is 12.4 Å². The Morgan fingerprint density at radius 1 is 1.00 bits per heavy atom. The average Bonchev–Trinajstić information content (AvgIpc) is 2.98. The van der Waals surface area contributed by atoms with Crippen LogP contribution in [0, 0.1) is 0 Å². The highest BCUT2D eigenvalue weighted by Gasteiger charge is 2.23. The van der Waals surface area contributed by atoms with E-state index in [0.717, 1.165) is 28.1 Å². The molecule has 0 radical (unpaired) electrons. The van der Waals surface area contributed by atoms with Gasteiger partial charge in [0.15, 0.2) is 0 Å². The summed E-state index contributed by atoms with van der Waals surface area (Å²) >= 11 is 0. The molecule has 1 N–H and O–H groups in total. The van der Waals surface area contributed by atoms with Crippen LogP contribution in [-0.4, -0.2) is 12.8 Å². The molecule has 0 saturated heterocycles. The van der Waals surface area contributed by atoms with Crippen LogP contribution in [0.1, 0.15) is 23.6 Å². The highest BCUT2D eigenvalue weighted by atomic mass is 16.5. The molecule has 0 aliphatic carbocycles. The summed E-state index contributed by atoms with van der Waals surface area (Å²) in [5.74, 6) is 0.803. The molecule has 5 nitrogen and oxygen atoms in total. The first kappa shape index (κ1) is 18.2. The molecular weight excluding hydrogens is 376 g/mol. The lowest BCUT2D eigenvalue weighted by atomic mass is 9.97. The molecule has 1 unspecified atom stereocenters. The lowest BCUT2D eigenvalue weighted by Gasteiger charge is -2.19. The SMILES string of the molecule is COc1ccc(C2CC(c3cc4ccccc4oc3=O)=Nc3ccccc3N2)cc1. The molecule has 2 heterocycles. The standard InChI is InChI=1S/C25H20N2O3/c1-29-18-12-10-16(11-13-18)22-15-23(27-21-8-4-3-7-20(21)26-22)19-14-17-6-2-5-9-24(17)30-25(19)28/h2-14,22,26H,15H2,1H3. The molecule has 5 rings (SSSR count). The van der Waals surface area contributed by atoms with Gasteiger partial charge in [-0.25, -0.2) is 4.79 Å². The summed E-state index contributed by atoms with van der Waals surface area (Å²) in [5.41, 5.74) is 4.21. The smallest absolute Gasteiger partial charge is 0.345 e. The minimum absolute atomic E-state index is 0.0517. The van der Waals surface area contributed by atoms with Crippen LogP contribution in [0.3, 0.4) is 0 Å². The van der Waals surface area contributed by atoms with Gasteiger partial charge in [0.2, 0.25) is 0 Å². The number of fused-ring (bicyclic) bond motifs is 2. The summed E-state index contributed by atoms with van der Waals surface area (Å²) in [4.78, 5) is 17.7. The Bertz CT molecular complexity index is 1310. The molecule has 0 spiro atoms. The number of anilines is 1. The molecule has 0 amide bonds. The Morgan fingerprint density at radius 2 is 1.77 bits per heavy atom. The van der Waals surface area contributed by atoms with E-state index in [9.17, 15) is 4.79 Å². The van der Waals surface area contributed by atoms with Crippen LogP contribution in [0.15, 0.2) is 93.1 Å². The predicted octanol–water partition coefficient (Wildman–Crippen LogP) is 5.48. The summed E-state index contributed by atoms with van der Waals surface area (Å²) < 4.78 is 10.9. The zero-order valence-electron chi connectivity index (χ0n) is 16.5. The topological polar surface area (TPSA) is 63.8 Å². The lowest BCUT2D eigenvalue weighted by Crippen LogP contribution is -2.19. The number of hydrogen-bond donors (Lipinski definition) is 1. The fourth-order valence-corrected chi connectivity index (χ4v) is 3.79. The quantitative estimate of drug-likeness (QED) is 0.466.